The van der Waals surface area contributed by atoms with Gasteiger partial charge in [-0.2, -0.15) is 0 Å². The SMILES string of the molecule is Cc1ccc(Cl)c(OC2CC(Br)C2(C)C)c1. The monoisotopic (exact) mass is 302 g/mol. The lowest BCUT2D eigenvalue weighted by Crippen LogP contribution is -2.53. The number of benzene rings is 1. The van der Waals surface area contributed by atoms with E-state index >= 15 is 0 Å². The molecule has 2 unspecified atom stereocenters. The highest BCUT2D eigenvalue weighted by molar-refractivity contribution is 9.09. The first-order valence-corrected chi connectivity index (χ1v) is 6.77. The molecule has 3 heteroatoms. The zero-order valence-corrected chi connectivity index (χ0v) is 12.1. The minimum absolute atomic E-state index is 0.174. The van der Waals surface area contributed by atoms with Crippen molar-refractivity contribution in [3.05, 3.63) is 28.8 Å². The zero-order valence-electron chi connectivity index (χ0n) is 9.76. The molecule has 1 aromatic carbocycles. The van der Waals surface area contributed by atoms with Crippen LogP contribution in [0.25, 0.3) is 0 Å². The summed E-state index contributed by atoms with van der Waals surface area (Å²) < 4.78 is 5.99. The van der Waals surface area contributed by atoms with Crippen molar-refractivity contribution in [2.24, 2.45) is 5.41 Å². The van der Waals surface area contributed by atoms with Crippen LogP contribution < -0.4 is 4.74 Å². The van der Waals surface area contributed by atoms with Crippen LogP contribution in [-0.2, 0) is 0 Å². The number of halogens is 2. The first-order chi connectivity index (χ1) is 7.41. The summed E-state index contributed by atoms with van der Waals surface area (Å²) in [5.41, 5.74) is 1.35. The second kappa shape index (κ2) is 4.23. The van der Waals surface area contributed by atoms with E-state index in [1.165, 1.54) is 5.56 Å². The van der Waals surface area contributed by atoms with E-state index in [4.69, 9.17) is 16.3 Å². The van der Waals surface area contributed by atoms with Gasteiger partial charge in [-0.05, 0) is 31.0 Å². The van der Waals surface area contributed by atoms with Crippen molar-refractivity contribution in [1.82, 2.24) is 0 Å². The molecule has 2 rings (SSSR count). The normalized spacial score (nSPS) is 27.3. The average molecular weight is 304 g/mol. The van der Waals surface area contributed by atoms with Crippen molar-refractivity contribution in [2.45, 2.75) is 38.1 Å². The van der Waals surface area contributed by atoms with Gasteiger partial charge in [0.05, 0.1) is 5.02 Å². The van der Waals surface area contributed by atoms with Crippen molar-refractivity contribution < 1.29 is 4.74 Å². The molecule has 0 aromatic heterocycles. The number of rotatable bonds is 2. The van der Waals surface area contributed by atoms with Crippen molar-refractivity contribution in [1.29, 1.82) is 0 Å². The summed E-state index contributed by atoms with van der Waals surface area (Å²) in [4.78, 5) is 0.536. The summed E-state index contributed by atoms with van der Waals surface area (Å²) in [6.07, 6.45) is 1.29. The van der Waals surface area contributed by atoms with E-state index < -0.39 is 0 Å². The topological polar surface area (TPSA) is 9.23 Å². The fourth-order valence-corrected chi connectivity index (χ4v) is 2.69. The molecule has 0 bridgehead atoms. The highest BCUT2D eigenvalue weighted by atomic mass is 79.9. The Hall–Kier alpha value is -0.210. The van der Waals surface area contributed by atoms with Crippen LogP contribution in [0.1, 0.15) is 25.8 Å². The molecule has 0 heterocycles. The molecule has 1 fully saturated rings. The molecule has 0 aliphatic heterocycles. The third kappa shape index (κ3) is 2.10. The lowest BCUT2D eigenvalue weighted by atomic mass is 9.69. The fourth-order valence-electron chi connectivity index (χ4n) is 1.89. The number of hydrogen-bond donors (Lipinski definition) is 0. The van der Waals surface area contributed by atoms with Crippen LogP contribution in [0.5, 0.6) is 5.75 Å². The molecule has 0 saturated heterocycles. The van der Waals surface area contributed by atoms with E-state index in [-0.39, 0.29) is 11.5 Å². The van der Waals surface area contributed by atoms with E-state index in [0.29, 0.717) is 9.85 Å². The minimum Gasteiger partial charge on any atom is -0.488 e. The highest BCUT2D eigenvalue weighted by Gasteiger charge is 2.48. The molecular weight excluding hydrogens is 287 g/mol. The molecule has 2 atom stereocenters. The first-order valence-electron chi connectivity index (χ1n) is 5.48. The summed E-state index contributed by atoms with van der Waals surface area (Å²) >= 11 is 9.77. The Morgan fingerprint density at radius 1 is 1.44 bits per heavy atom. The van der Waals surface area contributed by atoms with Crippen LogP contribution in [0.15, 0.2) is 18.2 Å². The third-order valence-corrected chi connectivity index (χ3v) is 5.28. The molecule has 0 N–H and O–H groups in total. The largest absolute Gasteiger partial charge is 0.488 e. The first kappa shape index (κ1) is 12.3. The van der Waals surface area contributed by atoms with Crippen LogP contribution in [-0.4, -0.2) is 10.9 Å². The molecule has 1 aliphatic carbocycles. The van der Waals surface area contributed by atoms with Gasteiger partial charge in [0, 0.05) is 10.2 Å². The second-order valence-corrected chi connectivity index (χ2v) is 6.58. The van der Waals surface area contributed by atoms with Gasteiger partial charge >= 0.3 is 0 Å². The summed E-state index contributed by atoms with van der Waals surface area (Å²) in [7, 11) is 0. The summed E-state index contributed by atoms with van der Waals surface area (Å²) in [6.45, 7) is 6.47. The van der Waals surface area contributed by atoms with E-state index in [1.807, 2.05) is 25.1 Å². The van der Waals surface area contributed by atoms with Gasteiger partial charge in [0.15, 0.2) is 0 Å². The average Bonchev–Trinajstić information content (AvgIpc) is 2.23. The number of aryl methyl sites for hydroxylation is 1. The van der Waals surface area contributed by atoms with E-state index in [1.54, 1.807) is 0 Å². The van der Waals surface area contributed by atoms with Crippen LogP contribution >= 0.6 is 27.5 Å². The lowest BCUT2D eigenvalue weighted by molar-refractivity contribution is -0.00775. The zero-order chi connectivity index (χ0) is 11.9. The number of ether oxygens (including phenoxy) is 1. The number of hydrogen-bond acceptors (Lipinski definition) is 1. The Balaban J connectivity index is 2.13. The Morgan fingerprint density at radius 3 is 2.69 bits per heavy atom. The molecule has 1 nitrogen and oxygen atoms in total. The maximum Gasteiger partial charge on any atom is 0.138 e. The van der Waals surface area contributed by atoms with Crippen LogP contribution in [0.3, 0.4) is 0 Å². The molecule has 1 aliphatic rings. The van der Waals surface area contributed by atoms with Crippen molar-refractivity contribution in [3.8, 4) is 5.75 Å². The van der Waals surface area contributed by atoms with Gasteiger partial charge in [-0.15, -0.1) is 0 Å². The van der Waals surface area contributed by atoms with Crippen LogP contribution in [0.2, 0.25) is 5.02 Å². The molecule has 88 valence electrons. The number of alkyl halides is 1. The van der Waals surface area contributed by atoms with E-state index in [9.17, 15) is 0 Å². The Bertz CT molecular complexity index is 403. The molecular formula is C13H16BrClO. The Morgan fingerprint density at radius 2 is 2.12 bits per heavy atom. The quantitative estimate of drug-likeness (QED) is 0.726. The van der Waals surface area contributed by atoms with Gasteiger partial charge in [-0.25, -0.2) is 0 Å². The summed E-state index contributed by atoms with van der Waals surface area (Å²) in [5.74, 6) is 0.805. The molecule has 1 aromatic rings. The maximum atomic E-state index is 6.11. The fraction of sp³-hybridized carbons (Fsp3) is 0.538. The Kier molecular flexibility index (Phi) is 3.24. The predicted molar refractivity (Wildman–Crippen MR) is 71.7 cm³/mol. The molecule has 0 spiro atoms. The van der Waals surface area contributed by atoms with Gasteiger partial charge in [0.1, 0.15) is 11.9 Å². The van der Waals surface area contributed by atoms with Crippen molar-refractivity contribution in [2.75, 3.05) is 0 Å². The van der Waals surface area contributed by atoms with E-state index in [2.05, 4.69) is 29.8 Å². The van der Waals surface area contributed by atoms with Crippen molar-refractivity contribution >= 4 is 27.5 Å². The molecule has 16 heavy (non-hydrogen) atoms. The Labute approximate surface area is 110 Å². The lowest BCUT2D eigenvalue weighted by Gasteiger charge is -2.48. The molecule has 0 radical (unpaired) electrons. The van der Waals surface area contributed by atoms with Gasteiger partial charge in [-0.1, -0.05) is 47.4 Å². The van der Waals surface area contributed by atoms with E-state index in [0.717, 1.165) is 12.2 Å². The van der Waals surface area contributed by atoms with Gasteiger partial charge in [0.2, 0.25) is 0 Å². The second-order valence-electron chi connectivity index (χ2n) is 5.06. The van der Waals surface area contributed by atoms with Gasteiger partial charge in [-0.3, -0.25) is 0 Å². The van der Waals surface area contributed by atoms with Crippen LogP contribution in [0, 0.1) is 12.3 Å². The van der Waals surface area contributed by atoms with Gasteiger partial charge in [0.25, 0.3) is 0 Å². The summed E-state index contributed by atoms with van der Waals surface area (Å²) in [6, 6.07) is 5.89. The predicted octanol–water partition coefficient (Wildman–Crippen LogP) is 4.59. The standard InChI is InChI=1S/C13H16BrClO/c1-8-4-5-9(15)10(6-8)16-12-7-11(14)13(12,2)3/h4-6,11-12H,7H2,1-3H3. The minimum atomic E-state index is 0.174. The smallest absolute Gasteiger partial charge is 0.138 e. The third-order valence-electron chi connectivity index (χ3n) is 3.41. The molecule has 1 saturated carbocycles. The summed E-state index contributed by atoms with van der Waals surface area (Å²) in [5, 5.41) is 0.694. The van der Waals surface area contributed by atoms with Crippen LogP contribution in [0.4, 0.5) is 0 Å². The highest BCUT2D eigenvalue weighted by Crippen LogP contribution is 2.48. The maximum absolute atomic E-state index is 6.11. The van der Waals surface area contributed by atoms with Gasteiger partial charge < -0.3 is 4.74 Å². The molecule has 0 amide bonds. The van der Waals surface area contributed by atoms with Crippen molar-refractivity contribution in [3.63, 3.8) is 0 Å².